The van der Waals surface area contributed by atoms with Gasteiger partial charge in [-0.15, -0.1) is 0 Å². The highest BCUT2D eigenvalue weighted by molar-refractivity contribution is 5.92. The fraction of sp³-hybridized carbons (Fsp3) is 0.321. The van der Waals surface area contributed by atoms with E-state index in [9.17, 15) is 22.8 Å². The number of esters is 1. The van der Waals surface area contributed by atoms with Crippen molar-refractivity contribution in [3.8, 4) is 22.8 Å². The molecule has 10 heteroatoms. The van der Waals surface area contributed by atoms with Crippen molar-refractivity contribution in [2.45, 2.75) is 46.4 Å². The molecule has 0 spiro atoms. The van der Waals surface area contributed by atoms with Crippen molar-refractivity contribution in [2.75, 3.05) is 18.5 Å². The topological polar surface area (TPSA) is 86.8 Å². The predicted molar refractivity (Wildman–Crippen MR) is 136 cm³/mol. The van der Waals surface area contributed by atoms with Gasteiger partial charge in [0.25, 0.3) is 5.91 Å². The summed E-state index contributed by atoms with van der Waals surface area (Å²) in [7, 11) is 0. The van der Waals surface area contributed by atoms with E-state index in [-0.39, 0.29) is 13.2 Å². The van der Waals surface area contributed by atoms with Gasteiger partial charge in [-0.05, 0) is 82.6 Å². The number of halogens is 3. The Morgan fingerprint density at radius 2 is 1.66 bits per heavy atom. The highest BCUT2D eigenvalue weighted by Crippen LogP contribution is 2.31. The third-order valence-electron chi connectivity index (χ3n) is 5.52. The lowest BCUT2D eigenvalue weighted by atomic mass is 10.1. The number of benzene rings is 2. The lowest BCUT2D eigenvalue weighted by Crippen LogP contribution is -2.39. The van der Waals surface area contributed by atoms with Crippen LogP contribution in [0.1, 0.15) is 37.6 Å². The first kappa shape index (κ1) is 28.5. The Morgan fingerprint density at radius 1 is 0.974 bits per heavy atom. The maximum absolute atomic E-state index is 12.8. The average molecular weight is 531 g/mol. The van der Waals surface area contributed by atoms with Gasteiger partial charge < -0.3 is 19.5 Å². The van der Waals surface area contributed by atoms with Gasteiger partial charge in [0.15, 0.2) is 12.2 Å². The van der Waals surface area contributed by atoms with Crippen molar-refractivity contribution in [2.24, 2.45) is 0 Å². The molecule has 1 heterocycles. The molecule has 38 heavy (non-hydrogen) atoms. The van der Waals surface area contributed by atoms with Gasteiger partial charge in [0, 0.05) is 5.56 Å². The Hall–Kier alpha value is -4.08. The SMILES string of the molecule is CCOC(=O)C(C)(C)Oc1ccc(OCC(=O)Nc2ccc(-c3ccc(C(F)(F)F)cc3)nc2C)cc1C. The average Bonchev–Trinajstić information content (AvgIpc) is 2.85. The number of carbonyl (C=O) groups is 2. The van der Waals surface area contributed by atoms with Crippen molar-refractivity contribution >= 4 is 17.6 Å². The number of carbonyl (C=O) groups excluding carboxylic acids is 2. The molecule has 0 aliphatic rings. The maximum atomic E-state index is 12.8. The van der Waals surface area contributed by atoms with E-state index in [0.29, 0.717) is 39.7 Å². The number of aromatic nitrogens is 1. The Balaban J connectivity index is 1.59. The molecule has 0 aliphatic heterocycles. The van der Waals surface area contributed by atoms with E-state index in [0.717, 1.165) is 12.1 Å². The molecule has 202 valence electrons. The van der Waals surface area contributed by atoms with Crippen LogP contribution in [0.2, 0.25) is 0 Å². The van der Waals surface area contributed by atoms with Gasteiger partial charge in [-0.25, -0.2) is 4.79 Å². The van der Waals surface area contributed by atoms with E-state index < -0.39 is 29.2 Å². The van der Waals surface area contributed by atoms with E-state index in [4.69, 9.17) is 14.2 Å². The van der Waals surface area contributed by atoms with Crippen LogP contribution in [0.3, 0.4) is 0 Å². The van der Waals surface area contributed by atoms with Crippen molar-refractivity contribution in [3.63, 3.8) is 0 Å². The second-order valence-electron chi connectivity index (χ2n) is 9.00. The Labute approximate surface area is 218 Å². The first-order valence-corrected chi connectivity index (χ1v) is 11.8. The first-order chi connectivity index (χ1) is 17.8. The highest BCUT2D eigenvalue weighted by atomic mass is 19.4. The second-order valence-corrected chi connectivity index (χ2v) is 9.00. The quantitative estimate of drug-likeness (QED) is 0.336. The van der Waals surface area contributed by atoms with E-state index in [2.05, 4.69) is 10.3 Å². The number of ether oxygens (including phenoxy) is 3. The molecule has 7 nitrogen and oxygen atoms in total. The fourth-order valence-corrected chi connectivity index (χ4v) is 3.47. The third kappa shape index (κ3) is 7.24. The Kier molecular flexibility index (Phi) is 8.65. The first-order valence-electron chi connectivity index (χ1n) is 11.8. The van der Waals surface area contributed by atoms with Crippen LogP contribution in [0, 0.1) is 13.8 Å². The van der Waals surface area contributed by atoms with Crippen LogP contribution in [-0.2, 0) is 20.5 Å². The number of amides is 1. The van der Waals surface area contributed by atoms with Gasteiger partial charge in [-0.1, -0.05) is 12.1 Å². The smallest absolute Gasteiger partial charge is 0.416 e. The number of hydrogen-bond acceptors (Lipinski definition) is 6. The molecule has 0 saturated heterocycles. The summed E-state index contributed by atoms with van der Waals surface area (Å²) in [4.78, 5) is 28.9. The van der Waals surface area contributed by atoms with E-state index >= 15 is 0 Å². The summed E-state index contributed by atoms with van der Waals surface area (Å²) in [6.07, 6.45) is -4.41. The number of anilines is 1. The van der Waals surface area contributed by atoms with Gasteiger partial charge in [0.2, 0.25) is 0 Å². The molecule has 1 aromatic heterocycles. The zero-order chi connectivity index (χ0) is 28.1. The molecule has 2 aromatic carbocycles. The number of aryl methyl sites for hydroxylation is 2. The summed E-state index contributed by atoms with van der Waals surface area (Å²) >= 11 is 0. The van der Waals surface area contributed by atoms with Crippen molar-refractivity contribution in [3.05, 3.63) is 71.4 Å². The Morgan fingerprint density at radius 3 is 2.24 bits per heavy atom. The number of hydrogen-bond donors (Lipinski definition) is 1. The third-order valence-corrected chi connectivity index (χ3v) is 5.52. The zero-order valence-corrected chi connectivity index (χ0v) is 21.7. The molecule has 0 atom stereocenters. The number of nitrogens with one attached hydrogen (secondary N) is 1. The molecular weight excluding hydrogens is 501 g/mol. The van der Waals surface area contributed by atoms with E-state index in [1.54, 1.807) is 65.0 Å². The minimum absolute atomic E-state index is 0.248. The van der Waals surface area contributed by atoms with Crippen molar-refractivity contribution < 1.29 is 37.0 Å². The summed E-state index contributed by atoms with van der Waals surface area (Å²) in [5.74, 6) is 0.0216. The largest absolute Gasteiger partial charge is 0.484 e. The molecule has 1 amide bonds. The predicted octanol–water partition coefficient (Wildman–Crippen LogP) is 6.12. The minimum atomic E-state index is -4.41. The molecule has 0 bridgehead atoms. The van der Waals surface area contributed by atoms with Gasteiger partial charge in [0.05, 0.1) is 29.2 Å². The number of rotatable bonds is 9. The van der Waals surface area contributed by atoms with Crippen LogP contribution < -0.4 is 14.8 Å². The van der Waals surface area contributed by atoms with Crippen LogP contribution >= 0.6 is 0 Å². The number of alkyl halides is 3. The van der Waals surface area contributed by atoms with Crippen LogP contribution in [0.4, 0.5) is 18.9 Å². The molecule has 0 unspecified atom stereocenters. The summed E-state index contributed by atoms with van der Waals surface area (Å²) < 4.78 is 54.8. The van der Waals surface area contributed by atoms with Crippen molar-refractivity contribution in [1.29, 1.82) is 0 Å². The standard InChI is InChI=1S/C28H29F3N2O5/c1-6-36-26(35)27(4,5)38-24-14-11-21(15-17(24)2)37-16-25(34)33-22-12-13-23(32-18(22)3)19-7-9-20(10-8-19)28(29,30)31/h7-15H,6,16H2,1-5H3,(H,33,34). The number of pyridine rings is 1. The van der Waals surface area contributed by atoms with E-state index in [1.807, 2.05) is 0 Å². The lowest BCUT2D eigenvalue weighted by Gasteiger charge is -2.25. The molecular formula is C28H29F3N2O5. The second kappa shape index (κ2) is 11.5. The maximum Gasteiger partial charge on any atom is 0.416 e. The van der Waals surface area contributed by atoms with E-state index in [1.165, 1.54) is 12.1 Å². The summed E-state index contributed by atoms with van der Waals surface area (Å²) in [6.45, 7) is 8.41. The van der Waals surface area contributed by atoms with Crippen LogP contribution in [0.15, 0.2) is 54.6 Å². The normalized spacial score (nSPS) is 11.6. The van der Waals surface area contributed by atoms with Gasteiger partial charge in [-0.3, -0.25) is 9.78 Å². The summed E-state index contributed by atoms with van der Waals surface area (Å²) in [5.41, 5.74) is 0.758. The molecule has 1 N–H and O–H groups in total. The summed E-state index contributed by atoms with van der Waals surface area (Å²) in [6, 6.07) is 12.9. The number of nitrogens with zero attached hydrogens (tertiary/aromatic N) is 1. The highest BCUT2D eigenvalue weighted by Gasteiger charge is 2.32. The zero-order valence-electron chi connectivity index (χ0n) is 21.7. The molecule has 0 radical (unpaired) electrons. The molecule has 0 fully saturated rings. The Bertz CT molecular complexity index is 1300. The molecule has 0 aliphatic carbocycles. The molecule has 3 aromatic rings. The van der Waals surface area contributed by atoms with Crippen molar-refractivity contribution in [1.82, 2.24) is 4.98 Å². The van der Waals surface area contributed by atoms with Crippen LogP contribution in [-0.4, -0.2) is 35.7 Å². The van der Waals surface area contributed by atoms with Gasteiger partial charge in [-0.2, -0.15) is 13.2 Å². The fourth-order valence-electron chi connectivity index (χ4n) is 3.47. The summed E-state index contributed by atoms with van der Waals surface area (Å²) in [5, 5.41) is 2.72. The van der Waals surface area contributed by atoms with Gasteiger partial charge >= 0.3 is 12.1 Å². The molecule has 0 saturated carbocycles. The van der Waals surface area contributed by atoms with Gasteiger partial charge in [0.1, 0.15) is 11.5 Å². The lowest BCUT2D eigenvalue weighted by molar-refractivity contribution is -0.158. The monoisotopic (exact) mass is 530 g/mol. The van der Waals surface area contributed by atoms with Crippen LogP contribution in [0.25, 0.3) is 11.3 Å². The van der Waals surface area contributed by atoms with Crippen LogP contribution in [0.5, 0.6) is 11.5 Å². The minimum Gasteiger partial charge on any atom is -0.484 e. The molecule has 3 rings (SSSR count).